The van der Waals surface area contributed by atoms with Gasteiger partial charge in [-0.1, -0.05) is 52.1 Å². The Balaban J connectivity index is 2.14. The summed E-state index contributed by atoms with van der Waals surface area (Å²) in [5.41, 5.74) is 6.68. The molecule has 0 unspecified atom stereocenters. The number of ether oxygens (including phenoxy) is 1. The number of halogens is 3. The number of nitrogens with two attached hydrogens (primary N) is 1. The monoisotopic (exact) mass is 344 g/mol. The topological polar surface area (TPSA) is 67.8 Å². The molecule has 0 aromatic heterocycles. The smallest absolute Gasteiger partial charge is 0.171 e. The molecule has 0 bridgehead atoms. The van der Waals surface area contributed by atoms with Crippen LogP contribution in [0.2, 0.25) is 15.1 Å². The minimum absolute atomic E-state index is 0.0653. The standard InChI is InChI=1S/C14H11Cl3N2O2/c15-11-3-1-2-8(13(11)17)7-21-9-4-5-10(12(16)6-9)14(18)19-20/h1-6,20H,7H2,(H2,18,19). The minimum Gasteiger partial charge on any atom is -0.489 e. The highest BCUT2D eigenvalue weighted by molar-refractivity contribution is 6.42. The summed E-state index contributed by atoms with van der Waals surface area (Å²) >= 11 is 18.1. The average molecular weight is 346 g/mol. The number of hydrogen-bond acceptors (Lipinski definition) is 3. The number of rotatable bonds is 4. The summed E-state index contributed by atoms with van der Waals surface area (Å²) in [6.45, 7) is 0.249. The third-order valence-electron chi connectivity index (χ3n) is 2.75. The number of oxime groups is 1. The van der Waals surface area contributed by atoms with Crippen LogP contribution in [0.4, 0.5) is 0 Å². The first-order valence-corrected chi connectivity index (χ1v) is 6.99. The van der Waals surface area contributed by atoms with E-state index in [9.17, 15) is 0 Å². The quantitative estimate of drug-likeness (QED) is 0.375. The first-order chi connectivity index (χ1) is 10.0. The molecule has 7 heteroatoms. The Hall–Kier alpha value is -1.62. The summed E-state index contributed by atoms with van der Waals surface area (Å²) < 4.78 is 5.61. The van der Waals surface area contributed by atoms with E-state index in [1.54, 1.807) is 30.3 Å². The van der Waals surface area contributed by atoms with Gasteiger partial charge in [-0.15, -0.1) is 0 Å². The Morgan fingerprint density at radius 1 is 1.14 bits per heavy atom. The van der Waals surface area contributed by atoms with E-state index in [1.165, 1.54) is 0 Å². The van der Waals surface area contributed by atoms with Gasteiger partial charge in [-0.2, -0.15) is 0 Å². The Morgan fingerprint density at radius 3 is 2.57 bits per heavy atom. The van der Waals surface area contributed by atoms with Crippen LogP contribution < -0.4 is 10.5 Å². The lowest BCUT2D eigenvalue weighted by Gasteiger charge is -2.10. The lowest BCUT2D eigenvalue weighted by molar-refractivity contribution is 0.306. The van der Waals surface area contributed by atoms with Gasteiger partial charge in [-0.25, -0.2) is 0 Å². The summed E-state index contributed by atoms with van der Waals surface area (Å²) in [5, 5.41) is 12.8. The van der Waals surface area contributed by atoms with Gasteiger partial charge in [0.05, 0.1) is 15.1 Å². The third kappa shape index (κ3) is 3.73. The fourth-order valence-corrected chi connectivity index (χ4v) is 2.31. The van der Waals surface area contributed by atoms with Gasteiger partial charge in [0.15, 0.2) is 5.84 Å². The number of nitrogens with zero attached hydrogens (tertiary/aromatic N) is 1. The molecule has 0 saturated heterocycles. The van der Waals surface area contributed by atoms with Crippen molar-refractivity contribution in [1.82, 2.24) is 0 Å². The zero-order valence-electron chi connectivity index (χ0n) is 10.7. The molecule has 0 heterocycles. The maximum Gasteiger partial charge on any atom is 0.171 e. The largest absolute Gasteiger partial charge is 0.489 e. The van der Waals surface area contributed by atoms with Gasteiger partial charge in [0.1, 0.15) is 12.4 Å². The maximum absolute atomic E-state index is 8.64. The first kappa shape index (κ1) is 15.8. The Labute approximate surface area is 136 Å². The van der Waals surface area contributed by atoms with Crippen LogP contribution >= 0.6 is 34.8 Å². The van der Waals surface area contributed by atoms with Crippen molar-refractivity contribution in [2.45, 2.75) is 6.61 Å². The summed E-state index contributed by atoms with van der Waals surface area (Å²) in [5.74, 6) is 0.468. The SMILES string of the molecule is N/C(=N/O)c1ccc(OCc2cccc(Cl)c2Cl)cc1Cl. The zero-order valence-corrected chi connectivity index (χ0v) is 13.0. The molecule has 0 aliphatic rings. The van der Waals surface area contributed by atoms with Crippen molar-refractivity contribution < 1.29 is 9.94 Å². The van der Waals surface area contributed by atoms with Gasteiger partial charge in [-0.3, -0.25) is 0 Å². The van der Waals surface area contributed by atoms with Gasteiger partial charge in [0.2, 0.25) is 0 Å². The van der Waals surface area contributed by atoms with Gasteiger partial charge in [-0.05, 0) is 24.3 Å². The summed E-state index contributed by atoms with van der Waals surface area (Å²) in [7, 11) is 0. The van der Waals surface area contributed by atoms with E-state index in [0.717, 1.165) is 5.56 Å². The van der Waals surface area contributed by atoms with Crippen molar-refractivity contribution in [2.24, 2.45) is 10.9 Å². The van der Waals surface area contributed by atoms with Gasteiger partial charge < -0.3 is 15.7 Å². The van der Waals surface area contributed by atoms with Crippen molar-refractivity contribution in [3.05, 3.63) is 62.6 Å². The third-order valence-corrected chi connectivity index (χ3v) is 3.92. The molecule has 0 aliphatic heterocycles. The summed E-state index contributed by atoms with van der Waals surface area (Å²) in [6.07, 6.45) is 0. The number of benzene rings is 2. The average Bonchev–Trinajstić information content (AvgIpc) is 2.48. The zero-order chi connectivity index (χ0) is 15.4. The van der Waals surface area contributed by atoms with Crippen LogP contribution in [0.5, 0.6) is 5.75 Å². The van der Waals surface area contributed by atoms with Crippen LogP contribution in [0, 0.1) is 0 Å². The molecule has 0 fully saturated rings. The van der Waals surface area contributed by atoms with Crippen molar-refractivity contribution in [2.75, 3.05) is 0 Å². The normalized spacial score (nSPS) is 11.5. The van der Waals surface area contributed by atoms with Crippen molar-refractivity contribution in [3.8, 4) is 5.75 Å². The molecule has 0 atom stereocenters. The molecule has 2 rings (SSSR count). The van der Waals surface area contributed by atoms with E-state index < -0.39 is 0 Å². The molecule has 0 spiro atoms. The highest BCUT2D eigenvalue weighted by Crippen LogP contribution is 2.28. The molecule has 4 nitrogen and oxygen atoms in total. The molecule has 2 aromatic rings. The van der Waals surface area contributed by atoms with Crippen LogP contribution in [0.3, 0.4) is 0 Å². The predicted molar refractivity (Wildman–Crippen MR) is 84.8 cm³/mol. The second-order valence-corrected chi connectivity index (χ2v) is 5.32. The van der Waals surface area contributed by atoms with Crippen LogP contribution in [0.15, 0.2) is 41.6 Å². The second-order valence-electron chi connectivity index (χ2n) is 4.13. The van der Waals surface area contributed by atoms with E-state index >= 15 is 0 Å². The minimum atomic E-state index is -0.0653. The van der Waals surface area contributed by atoms with Crippen LogP contribution in [-0.2, 0) is 6.61 Å². The summed E-state index contributed by atoms with van der Waals surface area (Å²) in [4.78, 5) is 0. The molecule has 0 aliphatic carbocycles. The van der Waals surface area contributed by atoms with E-state index in [2.05, 4.69) is 5.16 Å². The number of hydrogen-bond donors (Lipinski definition) is 2. The second kappa shape index (κ2) is 6.89. The fraction of sp³-hybridized carbons (Fsp3) is 0.0714. The molecule has 0 saturated carbocycles. The highest BCUT2D eigenvalue weighted by Gasteiger charge is 2.08. The van der Waals surface area contributed by atoms with Gasteiger partial charge >= 0.3 is 0 Å². The van der Waals surface area contributed by atoms with Gasteiger partial charge in [0.25, 0.3) is 0 Å². The molecule has 0 amide bonds. The lowest BCUT2D eigenvalue weighted by Crippen LogP contribution is -2.13. The number of amidine groups is 1. The Bertz CT molecular complexity index is 690. The van der Waals surface area contributed by atoms with E-state index in [0.29, 0.717) is 26.4 Å². The molecular formula is C14H11Cl3N2O2. The lowest BCUT2D eigenvalue weighted by atomic mass is 10.2. The highest BCUT2D eigenvalue weighted by atomic mass is 35.5. The summed E-state index contributed by atoms with van der Waals surface area (Å²) in [6, 6.07) is 10.2. The molecule has 21 heavy (non-hydrogen) atoms. The Morgan fingerprint density at radius 2 is 1.90 bits per heavy atom. The first-order valence-electron chi connectivity index (χ1n) is 5.86. The molecular weight excluding hydrogens is 335 g/mol. The van der Waals surface area contributed by atoms with Crippen LogP contribution in [-0.4, -0.2) is 11.0 Å². The molecule has 3 N–H and O–H groups in total. The molecule has 0 radical (unpaired) electrons. The molecule has 110 valence electrons. The fourth-order valence-electron chi connectivity index (χ4n) is 1.67. The van der Waals surface area contributed by atoms with Crippen LogP contribution in [0.1, 0.15) is 11.1 Å². The predicted octanol–water partition coefficient (Wildman–Crippen LogP) is 4.32. The van der Waals surface area contributed by atoms with Gasteiger partial charge in [0, 0.05) is 11.1 Å². The van der Waals surface area contributed by atoms with E-state index in [4.69, 9.17) is 50.5 Å². The van der Waals surface area contributed by atoms with E-state index in [1.807, 2.05) is 6.07 Å². The van der Waals surface area contributed by atoms with Crippen molar-refractivity contribution >= 4 is 40.6 Å². The van der Waals surface area contributed by atoms with Crippen molar-refractivity contribution in [3.63, 3.8) is 0 Å². The molecule has 2 aromatic carbocycles. The van der Waals surface area contributed by atoms with Crippen molar-refractivity contribution in [1.29, 1.82) is 0 Å². The van der Waals surface area contributed by atoms with Crippen LogP contribution in [0.25, 0.3) is 0 Å². The van der Waals surface area contributed by atoms with E-state index in [-0.39, 0.29) is 12.4 Å². The Kier molecular flexibility index (Phi) is 5.17. The maximum atomic E-state index is 8.64.